The van der Waals surface area contributed by atoms with Gasteiger partial charge in [-0.05, 0) is 36.2 Å². The van der Waals surface area contributed by atoms with E-state index < -0.39 is 30.0 Å². The van der Waals surface area contributed by atoms with Crippen molar-refractivity contribution in [2.75, 3.05) is 19.0 Å². The van der Waals surface area contributed by atoms with E-state index in [0.29, 0.717) is 11.3 Å². The van der Waals surface area contributed by atoms with Gasteiger partial charge in [-0.3, -0.25) is 4.79 Å². The summed E-state index contributed by atoms with van der Waals surface area (Å²) < 4.78 is 75.7. The van der Waals surface area contributed by atoms with Gasteiger partial charge in [-0.2, -0.15) is 18.2 Å². The first-order valence-corrected chi connectivity index (χ1v) is 9.22. The molecule has 2 aromatic carbocycles. The molecule has 0 fully saturated rings. The summed E-state index contributed by atoms with van der Waals surface area (Å²) in [4.78, 5) is 16.1. The Morgan fingerprint density at radius 1 is 1.09 bits per heavy atom. The van der Waals surface area contributed by atoms with Gasteiger partial charge in [-0.15, -0.1) is 0 Å². The van der Waals surface area contributed by atoms with Gasteiger partial charge >= 0.3 is 11.7 Å². The van der Waals surface area contributed by atoms with Crippen LogP contribution < -0.4 is 20.3 Å². The number of halogens is 5. The Balaban J connectivity index is 1.97. The van der Waals surface area contributed by atoms with Crippen molar-refractivity contribution in [1.29, 1.82) is 0 Å². The Hall–Kier alpha value is -3.63. The van der Waals surface area contributed by atoms with Crippen LogP contribution in [0.4, 0.5) is 33.6 Å². The molecule has 170 valence electrons. The lowest BCUT2D eigenvalue weighted by Gasteiger charge is -2.17. The summed E-state index contributed by atoms with van der Waals surface area (Å²) in [5, 5.41) is 2.87. The molecule has 0 atom stereocenters. The Labute approximate surface area is 179 Å². The molecular formula is C21H18F5N3O3. The fourth-order valence-electron chi connectivity index (χ4n) is 2.84. The van der Waals surface area contributed by atoms with E-state index in [4.69, 9.17) is 9.47 Å². The molecule has 0 amide bonds. The largest absolute Gasteiger partial charge is 0.490 e. The van der Waals surface area contributed by atoms with Crippen molar-refractivity contribution in [2.45, 2.75) is 19.6 Å². The summed E-state index contributed by atoms with van der Waals surface area (Å²) in [6, 6.07) is 7.19. The summed E-state index contributed by atoms with van der Waals surface area (Å²) in [7, 11) is 1.27. The zero-order valence-corrected chi connectivity index (χ0v) is 17.0. The van der Waals surface area contributed by atoms with E-state index in [1.165, 1.54) is 36.1 Å². The molecule has 0 aliphatic rings. The zero-order chi connectivity index (χ0) is 23.5. The van der Waals surface area contributed by atoms with Crippen molar-refractivity contribution in [1.82, 2.24) is 9.55 Å². The molecule has 3 rings (SSSR count). The number of ether oxygens (including phenoxy) is 2. The molecule has 0 radical (unpaired) electrons. The number of hydrogen-bond donors (Lipinski definition) is 1. The fraction of sp³-hybridized carbons (Fsp3) is 0.238. The monoisotopic (exact) mass is 455 g/mol. The first-order valence-electron chi connectivity index (χ1n) is 9.22. The van der Waals surface area contributed by atoms with Gasteiger partial charge in [-0.1, -0.05) is 6.07 Å². The van der Waals surface area contributed by atoms with Crippen molar-refractivity contribution in [3.63, 3.8) is 0 Å². The second-order valence-electron chi connectivity index (χ2n) is 6.85. The maximum absolute atomic E-state index is 13.6. The Bertz CT molecular complexity index is 1160. The molecule has 32 heavy (non-hydrogen) atoms. The van der Waals surface area contributed by atoms with E-state index >= 15 is 0 Å². The third-order valence-corrected chi connectivity index (χ3v) is 4.32. The minimum atomic E-state index is -4.50. The van der Waals surface area contributed by atoms with Crippen molar-refractivity contribution in [3.8, 4) is 11.5 Å². The van der Waals surface area contributed by atoms with Crippen LogP contribution in [0.1, 0.15) is 11.1 Å². The lowest BCUT2D eigenvalue weighted by atomic mass is 10.2. The number of anilines is 2. The second-order valence-corrected chi connectivity index (χ2v) is 6.85. The van der Waals surface area contributed by atoms with E-state index in [0.717, 1.165) is 18.2 Å². The molecule has 0 unspecified atom stereocenters. The van der Waals surface area contributed by atoms with Crippen molar-refractivity contribution < 1.29 is 31.4 Å². The number of methoxy groups -OCH3 is 1. The predicted molar refractivity (Wildman–Crippen MR) is 107 cm³/mol. The summed E-state index contributed by atoms with van der Waals surface area (Å²) in [5.41, 5.74) is 0.481. The van der Waals surface area contributed by atoms with E-state index in [9.17, 15) is 26.7 Å². The van der Waals surface area contributed by atoms with Gasteiger partial charge in [0.05, 0.1) is 19.9 Å². The normalized spacial score (nSPS) is 11.3. The number of hydrogen-bond acceptors (Lipinski definition) is 5. The van der Waals surface area contributed by atoms with Gasteiger partial charge in [0.15, 0.2) is 6.61 Å². The summed E-state index contributed by atoms with van der Waals surface area (Å²) >= 11 is 0. The van der Waals surface area contributed by atoms with E-state index in [-0.39, 0.29) is 29.6 Å². The van der Waals surface area contributed by atoms with E-state index in [2.05, 4.69) is 10.3 Å². The molecular weight excluding hydrogens is 437 g/mol. The molecule has 1 N–H and O–H groups in total. The van der Waals surface area contributed by atoms with Gasteiger partial charge in [-0.25, -0.2) is 8.78 Å². The van der Waals surface area contributed by atoms with E-state index in [1.807, 2.05) is 0 Å². The van der Waals surface area contributed by atoms with E-state index in [1.54, 1.807) is 6.92 Å². The molecule has 0 aliphatic carbocycles. The van der Waals surface area contributed by atoms with Crippen molar-refractivity contribution in [3.05, 3.63) is 75.7 Å². The standard InChI is InChI=1S/C21H18F5N3O3/c1-12-3-4-16(32-11-21(24,25)26)8-17(12)27-20-28-19(30)18(31-2)10-29(20)9-13-5-14(22)7-15(23)6-13/h3-8,10H,9,11H2,1-2H3,(H,27,28,30). The number of alkyl halides is 3. The highest BCUT2D eigenvalue weighted by atomic mass is 19.4. The van der Waals surface area contributed by atoms with Crippen molar-refractivity contribution in [2.24, 2.45) is 0 Å². The highest BCUT2D eigenvalue weighted by molar-refractivity contribution is 5.61. The molecule has 0 saturated heterocycles. The predicted octanol–water partition coefficient (Wildman–Crippen LogP) is 4.57. The third kappa shape index (κ3) is 5.96. The van der Waals surface area contributed by atoms with Gasteiger partial charge in [0, 0.05) is 17.8 Å². The highest BCUT2D eigenvalue weighted by Crippen LogP contribution is 2.27. The molecule has 1 aromatic heterocycles. The first kappa shape index (κ1) is 23.0. The van der Waals surface area contributed by atoms with Crippen LogP contribution in [0.5, 0.6) is 11.5 Å². The number of nitrogens with one attached hydrogen (secondary N) is 1. The SMILES string of the molecule is COc1cn(Cc2cc(F)cc(F)c2)c(Nc2cc(OCC(F)(F)F)ccc2C)nc1=O. The fourth-order valence-corrected chi connectivity index (χ4v) is 2.84. The molecule has 11 heteroatoms. The van der Waals surface area contributed by atoms with Crippen LogP contribution in [0.2, 0.25) is 0 Å². The Morgan fingerprint density at radius 2 is 1.78 bits per heavy atom. The smallest absolute Gasteiger partial charge is 0.422 e. The van der Waals surface area contributed by atoms with Crippen LogP contribution in [0.25, 0.3) is 0 Å². The van der Waals surface area contributed by atoms with Crippen LogP contribution in [0, 0.1) is 18.6 Å². The number of aromatic nitrogens is 2. The average molecular weight is 455 g/mol. The number of nitrogens with zero attached hydrogens (tertiary/aromatic N) is 2. The Morgan fingerprint density at radius 3 is 2.41 bits per heavy atom. The minimum Gasteiger partial charge on any atom is -0.490 e. The minimum absolute atomic E-state index is 0.0171. The van der Waals surface area contributed by atoms with Crippen LogP contribution in [0.15, 0.2) is 47.4 Å². The lowest BCUT2D eigenvalue weighted by Crippen LogP contribution is -2.20. The van der Waals surface area contributed by atoms with Crippen LogP contribution >= 0.6 is 0 Å². The second kappa shape index (κ2) is 9.25. The summed E-state index contributed by atoms with van der Waals surface area (Å²) in [6.07, 6.45) is -3.20. The molecule has 0 saturated carbocycles. The molecule has 6 nitrogen and oxygen atoms in total. The maximum Gasteiger partial charge on any atom is 0.422 e. The maximum atomic E-state index is 13.6. The molecule has 0 aliphatic heterocycles. The van der Waals surface area contributed by atoms with Crippen LogP contribution in [-0.2, 0) is 6.54 Å². The first-order chi connectivity index (χ1) is 15.0. The van der Waals surface area contributed by atoms with Gasteiger partial charge in [0.1, 0.15) is 17.4 Å². The topological polar surface area (TPSA) is 65.4 Å². The Kier molecular flexibility index (Phi) is 6.66. The number of rotatable bonds is 7. The third-order valence-electron chi connectivity index (χ3n) is 4.32. The van der Waals surface area contributed by atoms with Gasteiger partial charge < -0.3 is 19.4 Å². The van der Waals surface area contributed by atoms with Gasteiger partial charge in [0.2, 0.25) is 11.7 Å². The number of benzene rings is 2. The lowest BCUT2D eigenvalue weighted by molar-refractivity contribution is -0.153. The molecule has 0 spiro atoms. The van der Waals surface area contributed by atoms with Crippen LogP contribution in [-0.4, -0.2) is 29.4 Å². The molecule has 0 bridgehead atoms. The summed E-state index contributed by atoms with van der Waals surface area (Å²) in [5.74, 6) is -1.73. The van der Waals surface area contributed by atoms with Crippen molar-refractivity contribution >= 4 is 11.6 Å². The number of aryl methyl sites for hydroxylation is 1. The summed E-state index contributed by atoms with van der Waals surface area (Å²) in [6.45, 7) is 0.139. The van der Waals surface area contributed by atoms with Crippen LogP contribution in [0.3, 0.4) is 0 Å². The quantitative estimate of drug-likeness (QED) is 0.529. The zero-order valence-electron chi connectivity index (χ0n) is 17.0. The molecule has 3 aromatic rings. The highest BCUT2D eigenvalue weighted by Gasteiger charge is 2.28. The molecule has 1 heterocycles. The average Bonchev–Trinajstić information content (AvgIpc) is 2.69. The van der Waals surface area contributed by atoms with Gasteiger partial charge in [0.25, 0.3) is 0 Å².